The number of ether oxygens (including phenoxy) is 1. The average molecular weight is 569 g/mol. The van der Waals surface area contributed by atoms with Crippen LogP contribution < -0.4 is 10.6 Å². The average Bonchev–Trinajstić information content (AvgIpc) is 3.21. The molecular weight excluding hydrogens is 542 g/mol. The maximum atomic E-state index is 12.6. The van der Waals surface area contributed by atoms with Gasteiger partial charge in [-0.3, -0.25) is 9.89 Å². The van der Waals surface area contributed by atoms with Gasteiger partial charge in [-0.25, -0.2) is 4.98 Å². The van der Waals surface area contributed by atoms with Gasteiger partial charge < -0.3 is 15.4 Å². The van der Waals surface area contributed by atoms with E-state index < -0.39 is 11.9 Å². The minimum Gasteiger partial charge on any atom is -0.379 e. The summed E-state index contributed by atoms with van der Waals surface area (Å²) in [6.45, 7) is 5.40. The Morgan fingerprint density at radius 1 is 1.23 bits per heavy atom. The Morgan fingerprint density at radius 2 is 1.97 bits per heavy atom. The number of rotatable bonds is 7. The molecule has 2 N–H and O–H groups in total. The number of nitrogens with one attached hydrogen (secondary N) is 2. The number of aromatic nitrogens is 1. The van der Waals surface area contributed by atoms with E-state index in [1.165, 1.54) is 5.56 Å². The lowest BCUT2D eigenvalue weighted by molar-refractivity contribution is -0.140. The highest BCUT2D eigenvalue weighted by Gasteiger charge is 2.33. The molecule has 2 aromatic rings. The molecule has 6 nitrogen and oxygen atoms in total. The summed E-state index contributed by atoms with van der Waals surface area (Å²) in [5, 5.41) is 7.85. The van der Waals surface area contributed by atoms with Crippen molar-refractivity contribution in [1.29, 1.82) is 0 Å². The fourth-order valence-corrected chi connectivity index (χ4v) is 3.91. The van der Waals surface area contributed by atoms with E-state index in [1.807, 2.05) is 6.07 Å². The van der Waals surface area contributed by atoms with Gasteiger partial charge in [0.05, 0.1) is 18.2 Å². The van der Waals surface area contributed by atoms with Crippen LogP contribution in [0.25, 0.3) is 0 Å². The summed E-state index contributed by atoms with van der Waals surface area (Å²) >= 11 is 1.02. The smallest absolute Gasteiger partial charge is 0.379 e. The second-order valence-electron chi connectivity index (χ2n) is 6.94. The Hall–Kier alpha value is -1.44. The van der Waals surface area contributed by atoms with Crippen molar-refractivity contribution in [2.45, 2.75) is 25.7 Å². The summed E-state index contributed by atoms with van der Waals surface area (Å²) in [5.41, 5.74) is 1.56. The molecule has 1 aromatic heterocycles. The molecule has 0 saturated carbocycles. The Labute approximate surface area is 201 Å². The summed E-state index contributed by atoms with van der Waals surface area (Å²) in [7, 11) is 1.66. The molecule has 3 rings (SSSR count). The normalized spacial score (nSPS) is 15.4. The molecule has 31 heavy (non-hydrogen) atoms. The van der Waals surface area contributed by atoms with Crippen molar-refractivity contribution in [2.75, 3.05) is 39.9 Å². The fourth-order valence-electron chi connectivity index (χ4n) is 3.11. The Morgan fingerprint density at radius 3 is 2.65 bits per heavy atom. The summed E-state index contributed by atoms with van der Waals surface area (Å²) in [6, 6.07) is 8.39. The first-order valence-electron chi connectivity index (χ1n) is 9.78. The van der Waals surface area contributed by atoms with Gasteiger partial charge in [0.1, 0.15) is 0 Å². The van der Waals surface area contributed by atoms with Crippen molar-refractivity contribution in [1.82, 2.24) is 20.5 Å². The first kappa shape index (κ1) is 25.8. The van der Waals surface area contributed by atoms with Gasteiger partial charge in [-0.2, -0.15) is 13.2 Å². The number of nitrogens with zero attached hydrogens (tertiary/aromatic N) is 3. The quantitative estimate of drug-likeness (QED) is 0.304. The highest BCUT2D eigenvalue weighted by molar-refractivity contribution is 14.0. The van der Waals surface area contributed by atoms with E-state index in [4.69, 9.17) is 4.74 Å². The number of alkyl halides is 3. The van der Waals surface area contributed by atoms with Crippen LogP contribution >= 0.6 is 35.3 Å². The van der Waals surface area contributed by atoms with Crippen LogP contribution in [0.3, 0.4) is 0 Å². The molecule has 0 spiro atoms. The van der Waals surface area contributed by atoms with Crippen LogP contribution in [-0.2, 0) is 30.4 Å². The third-order valence-corrected chi connectivity index (χ3v) is 5.57. The van der Waals surface area contributed by atoms with E-state index in [-0.39, 0.29) is 24.0 Å². The van der Waals surface area contributed by atoms with E-state index in [9.17, 15) is 13.2 Å². The molecule has 0 atom stereocenters. The number of morpholine rings is 1. The molecule has 1 aliphatic heterocycles. The van der Waals surface area contributed by atoms with Crippen LogP contribution in [0.15, 0.2) is 34.6 Å². The maximum Gasteiger partial charge on any atom is 0.434 e. The van der Waals surface area contributed by atoms with Crippen molar-refractivity contribution in [3.63, 3.8) is 0 Å². The molecule has 1 aliphatic rings. The van der Waals surface area contributed by atoms with E-state index in [0.29, 0.717) is 30.5 Å². The molecule has 2 heterocycles. The molecule has 0 bridgehead atoms. The number of aliphatic imine (C=N–C) groups is 1. The first-order chi connectivity index (χ1) is 14.4. The van der Waals surface area contributed by atoms with Crippen LogP contribution in [0, 0.1) is 0 Å². The largest absolute Gasteiger partial charge is 0.434 e. The summed E-state index contributed by atoms with van der Waals surface area (Å²) in [4.78, 5) is 10.2. The van der Waals surface area contributed by atoms with Crippen molar-refractivity contribution in [3.8, 4) is 0 Å². The van der Waals surface area contributed by atoms with Gasteiger partial charge in [0.25, 0.3) is 0 Å². The van der Waals surface area contributed by atoms with Crippen molar-refractivity contribution in [2.24, 2.45) is 4.99 Å². The molecular formula is C20H27F3IN5OS. The zero-order valence-corrected chi connectivity index (χ0v) is 20.4. The third-order valence-electron chi connectivity index (χ3n) is 4.66. The number of benzene rings is 1. The minimum absolute atomic E-state index is 0. The highest BCUT2D eigenvalue weighted by Crippen LogP contribution is 2.30. The second kappa shape index (κ2) is 12.6. The van der Waals surface area contributed by atoms with Crippen LogP contribution in [0.1, 0.15) is 21.8 Å². The molecule has 0 unspecified atom stereocenters. The number of halogens is 4. The van der Waals surface area contributed by atoms with Gasteiger partial charge in [-0.15, -0.1) is 35.3 Å². The lowest BCUT2D eigenvalue weighted by atomic mass is 10.1. The molecule has 0 amide bonds. The standard InChI is InChI=1S/C20H26F3N5OS.HI/c1-24-19(25-6-5-18-27-17(14-30-18)20(21,22)23)26-12-15-3-2-4-16(11-15)13-28-7-9-29-10-8-28;/h2-4,11,14H,5-10,12-13H2,1H3,(H2,24,25,26);1H. The third kappa shape index (κ3) is 8.54. The van der Waals surface area contributed by atoms with Crippen LogP contribution in [0.4, 0.5) is 13.2 Å². The Bertz CT molecular complexity index is 840. The van der Waals surface area contributed by atoms with Crippen LogP contribution in [0.5, 0.6) is 0 Å². The summed E-state index contributed by atoms with van der Waals surface area (Å²) in [6.07, 6.45) is -3.99. The lowest BCUT2D eigenvalue weighted by Crippen LogP contribution is -2.38. The Balaban J connectivity index is 0.00000341. The van der Waals surface area contributed by atoms with Gasteiger partial charge in [-0.1, -0.05) is 24.3 Å². The molecule has 0 radical (unpaired) electrons. The molecule has 0 aliphatic carbocycles. The van der Waals surface area contributed by atoms with Gasteiger partial charge in [0.2, 0.25) is 0 Å². The first-order valence-corrected chi connectivity index (χ1v) is 10.7. The Kier molecular flexibility index (Phi) is 10.5. The fraction of sp³-hybridized carbons (Fsp3) is 0.500. The molecule has 1 fully saturated rings. The number of hydrogen-bond acceptors (Lipinski definition) is 5. The SMILES string of the molecule is CN=C(NCCc1nc(C(F)(F)F)cs1)NCc1cccc(CN2CCOCC2)c1.I. The highest BCUT2D eigenvalue weighted by atomic mass is 127. The van der Waals surface area contributed by atoms with E-state index in [0.717, 1.165) is 55.1 Å². The maximum absolute atomic E-state index is 12.6. The molecule has 1 saturated heterocycles. The zero-order valence-electron chi connectivity index (χ0n) is 17.2. The number of guanidine groups is 1. The number of hydrogen-bond donors (Lipinski definition) is 2. The summed E-state index contributed by atoms with van der Waals surface area (Å²) < 4.78 is 43.2. The predicted molar refractivity (Wildman–Crippen MR) is 127 cm³/mol. The van der Waals surface area contributed by atoms with E-state index >= 15 is 0 Å². The van der Waals surface area contributed by atoms with Gasteiger partial charge >= 0.3 is 6.18 Å². The van der Waals surface area contributed by atoms with Crippen molar-refractivity contribution >= 4 is 41.3 Å². The topological polar surface area (TPSA) is 61.8 Å². The van der Waals surface area contributed by atoms with E-state index in [2.05, 4.69) is 43.7 Å². The van der Waals surface area contributed by atoms with Crippen molar-refractivity contribution < 1.29 is 17.9 Å². The van der Waals surface area contributed by atoms with Crippen molar-refractivity contribution in [3.05, 3.63) is 51.5 Å². The monoisotopic (exact) mass is 569 g/mol. The summed E-state index contributed by atoms with van der Waals surface area (Å²) in [5.74, 6) is 0.598. The lowest BCUT2D eigenvalue weighted by Gasteiger charge is -2.26. The zero-order chi connectivity index (χ0) is 21.4. The predicted octanol–water partition coefficient (Wildman–Crippen LogP) is 3.52. The van der Waals surface area contributed by atoms with Crippen LogP contribution in [-0.4, -0.2) is 55.7 Å². The van der Waals surface area contributed by atoms with Crippen LogP contribution in [0.2, 0.25) is 0 Å². The van der Waals surface area contributed by atoms with E-state index in [1.54, 1.807) is 7.05 Å². The van der Waals surface area contributed by atoms with Gasteiger partial charge in [-0.05, 0) is 11.1 Å². The molecule has 172 valence electrons. The molecule has 1 aromatic carbocycles. The minimum atomic E-state index is -4.39. The number of thiazole rings is 1. The van der Waals surface area contributed by atoms with Gasteiger partial charge in [0, 0.05) is 51.6 Å². The molecule has 11 heteroatoms. The van der Waals surface area contributed by atoms with Gasteiger partial charge in [0.15, 0.2) is 11.7 Å². The second-order valence-corrected chi connectivity index (χ2v) is 7.88.